The number of nitrogens with two attached hydrogens (primary N) is 4. The van der Waals surface area contributed by atoms with Gasteiger partial charge in [-0.25, -0.2) is 0 Å². The average molecular weight is 980 g/mol. The first-order chi connectivity index (χ1) is 30.4. The lowest BCUT2D eigenvalue weighted by Gasteiger charge is -2.57. The predicted octanol–water partition coefficient (Wildman–Crippen LogP) is 6.51. The highest BCUT2D eigenvalue weighted by atomic mass is 127. The van der Waals surface area contributed by atoms with Crippen molar-refractivity contribution in [2.24, 2.45) is 40.4 Å². The minimum absolute atomic E-state index is 0.122. The standard InChI is InChI=1S/C25H30N2O3.C12H11IN2O2.C12H13N3O2/c1-15(23(26)29)27-8-6-19-20(3-2-4-21(19)24(27)30)22(28)5-7-25-12-16-9-17(13-25)11-18(10-16)14-25;2*1-7(11(14)16)15-6-5-8-9(12(15)17)3-2-4-10(8)13/h2-4,6,8,15-18H,5,7,9-14H2,1H3,(H2,26,29);2-7H,1H3,(H2,14,16);2-7H,13H2,1H3,(H2,14,16)/t15-,16?,17?,18?,25?;2*7-/m000/s1. The third-order valence-corrected chi connectivity index (χ3v) is 14.7. The number of primary amides is 3. The van der Waals surface area contributed by atoms with Crippen LogP contribution in [0.15, 0.2) is 106 Å². The van der Waals surface area contributed by atoms with E-state index in [0.717, 1.165) is 33.1 Å². The van der Waals surface area contributed by atoms with Gasteiger partial charge in [0.05, 0.1) is 0 Å². The number of pyridine rings is 3. The van der Waals surface area contributed by atoms with E-state index in [9.17, 15) is 33.6 Å². The number of carbonyl (C=O) groups is 4. The predicted molar refractivity (Wildman–Crippen MR) is 258 cm³/mol. The molecular weight excluding hydrogens is 925 g/mol. The van der Waals surface area contributed by atoms with Crippen LogP contribution in [-0.4, -0.2) is 37.2 Å². The molecule has 15 heteroatoms. The molecule has 3 amide bonds. The van der Waals surface area contributed by atoms with Crippen molar-refractivity contribution in [1.29, 1.82) is 0 Å². The minimum atomic E-state index is -0.725. The summed E-state index contributed by atoms with van der Waals surface area (Å²) in [6.45, 7) is 4.81. The van der Waals surface area contributed by atoms with Crippen LogP contribution < -0.4 is 39.6 Å². The van der Waals surface area contributed by atoms with Gasteiger partial charge in [0, 0.05) is 66.8 Å². The number of fused-ring (bicyclic) bond motifs is 3. The Morgan fingerprint density at radius 2 is 0.969 bits per heavy atom. The number of nitrogen functional groups attached to an aromatic ring is 1. The molecule has 8 N–H and O–H groups in total. The van der Waals surface area contributed by atoms with Crippen LogP contribution in [0.5, 0.6) is 0 Å². The van der Waals surface area contributed by atoms with Gasteiger partial charge in [0.25, 0.3) is 16.7 Å². The summed E-state index contributed by atoms with van der Waals surface area (Å²) >= 11 is 2.18. The maximum absolute atomic E-state index is 13.2. The quantitative estimate of drug-likeness (QED) is 0.0669. The van der Waals surface area contributed by atoms with E-state index in [0.29, 0.717) is 50.0 Å². The molecule has 4 fully saturated rings. The molecule has 4 aliphatic carbocycles. The average Bonchev–Trinajstić information content (AvgIpc) is 3.25. The Kier molecular flexibility index (Phi) is 13.3. The Morgan fingerprint density at radius 3 is 1.44 bits per heavy atom. The van der Waals surface area contributed by atoms with Gasteiger partial charge in [-0.1, -0.05) is 24.3 Å². The first-order valence-electron chi connectivity index (χ1n) is 21.6. The maximum Gasteiger partial charge on any atom is 0.259 e. The van der Waals surface area contributed by atoms with Gasteiger partial charge in [0.15, 0.2) is 5.78 Å². The first kappa shape index (κ1) is 45.9. The summed E-state index contributed by atoms with van der Waals surface area (Å²) in [6.07, 6.45) is 14.4. The molecule has 6 aromatic rings. The number of aromatic nitrogens is 3. The molecule has 0 radical (unpaired) electrons. The highest BCUT2D eigenvalue weighted by Gasteiger charge is 2.50. The molecule has 3 aromatic heterocycles. The summed E-state index contributed by atoms with van der Waals surface area (Å²) < 4.78 is 5.02. The fourth-order valence-electron chi connectivity index (χ4n) is 10.5. The van der Waals surface area contributed by atoms with Gasteiger partial charge in [-0.15, -0.1) is 0 Å². The number of carbonyl (C=O) groups excluding carboxylic acids is 4. The fraction of sp³-hybridized carbons (Fsp3) is 0.367. The van der Waals surface area contributed by atoms with E-state index in [1.54, 1.807) is 81.7 Å². The largest absolute Gasteiger partial charge is 0.398 e. The zero-order valence-electron chi connectivity index (χ0n) is 36.2. The van der Waals surface area contributed by atoms with Gasteiger partial charge in [0.1, 0.15) is 18.1 Å². The molecule has 0 saturated heterocycles. The van der Waals surface area contributed by atoms with E-state index in [-0.39, 0.29) is 22.5 Å². The highest BCUT2D eigenvalue weighted by molar-refractivity contribution is 14.1. The van der Waals surface area contributed by atoms with E-state index in [2.05, 4.69) is 22.6 Å². The molecule has 334 valence electrons. The molecule has 0 aliphatic heterocycles. The number of rotatable bonds is 10. The van der Waals surface area contributed by atoms with Gasteiger partial charge in [-0.05, 0) is 165 Å². The molecule has 14 nitrogen and oxygen atoms in total. The molecule has 10 rings (SSSR count). The lowest BCUT2D eigenvalue weighted by atomic mass is 9.48. The Labute approximate surface area is 383 Å². The summed E-state index contributed by atoms with van der Waals surface area (Å²) in [5, 5.41) is 3.81. The zero-order valence-corrected chi connectivity index (χ0v) is 38.3. The third kappa shape index (κ3) is 9.12. The van der Waals surface area contributed by atoms with E-state index in [1.165, 1.54) is 58.4 Å². The number of benzene rings is 3. The number of Topliss-reactive ketones (excluding diaryl/α,β-unsaturated/α-hetero) is 1. The van der Waals surface area contributed by atoms with Crippen LogP contribution in [0.4, 0.5) is 5.69 Å². The van der Waals surface area contributed by atoms with Crippen molar-refractivity contribution in [3.05, 3.63) is 132 Å². The van der Waals surface area contributed by atoms with Crippen molar-refractivity contribution in [1.82, 2.24) is 13.7 Å². The normalized spacial score (nSPS) is 21.0. The summed E-state index contributed by atoms with van der Waals surface area (Å²) in [6, 6.07) is 19.2. The Bertz CT molecular complexity index is 2860. The third-order valence-electron chi connectivity index (χ3n) is 13.7. The van der Waals surface area contributed by atoms with Crippen molar-refractivity contribution in [3.8, 4) is 0 Å². The molecular formula is C49H54IN7O7. The van der Waals surface area contributed by atoms with Crippen LogP contribution in [-0.2, 0) is 14.4 Å². The van der Waals surface area contributed by atoms with Crippen LogP contribution in [0.2, 0.25) is 0 Å². The first-order valence-corrected chi connectivity index (χ1v) is 22.7. The van der Waals surface area contributed by atoms with Crippen molar-refractivity contribution in [2.45, 2.75) is 90.3 Å². The molecule has 3 atom stereocenters. The summed E-state index contributed by atoms with van der Waals surface area (Å²) in [5.41, 5.74) is 22.3. The summed E-state index contributed by atoms with van der Waals surface area (Å²) in [5.74, 6) is 1.15. The maximum atomic E-state index is 13.2. The monoisotopic (exact) mass is 979 g/mol. The van der Waals surface area contributed by atoms with E-state index < -0.39 is 35.8 Å². The van der Waals surface area contributed by atoms with E-state index in [4.69, 9.17) is 22.9 Å². The topological polar surface area (TPSA) is 238 Å². The molecule has 0 spiro atoms. The number of hydrogen-bond donors (Lipinski definition) is 4. The number of amides is 3. The van der Waals surface area contributed by atoms with Crippen LogP contribution >= 0.6 is 22.6 Å². The van der Waals surface area contributed by atoms with Crippen LogP contribution in [0.3, 0.4) is 0 Å². The number of anilines is 1. The zero-order chi connectivity index (χ0) is 46.2. The Hall–Kier alpha value is -6.10. The van der Waals surface area contributed by atoms with Crippen molar-refractivity contribution < 1.29 is 19.2 Å². The lowest BCUT2D eigenvalue weighted by molar-refractivity contribution is -0.121. The molecule has 3 aromatic carbocycles. The second kappa shape index (κ2) is 18.6. The molecule has 64 heavy (non-hydrogen) atoms. The number of halogens is 1. The van der Waals surface area contributed by atoms with Gasteiger partial charge in [0.2, 0.25) is 17.7 Å². The van der Waals surface area contributed by atoms with Crippen LogP contribution in [0, 0.1) is 26.7 Å². The van der Waals surface area contributed by atoms with Gasteiger partial charge >= 0.3 is 0 Å². The number of hydrogen-bond acceptors (Lipinski definition) is 8. The van der Waals surface area contributed by atoms with E-state index >= 15 is 0 Å². The van der Waals surface area contributed by atoms with Crippen molar-refractivity contribution in [2.75, 3.05) is 5.73 Å². The molecule has 4 bridgehead atoms. The van der Waals surface area contributed by atoms with Crippen LogP contribution in [0.25, 0.3) is 32.3 Å². The molecule has 3 heterocycles. The minimum Gasteiger partial charge on any atom is -0.398 e. The van der Waals surface area contributed by atoms with Gasteiger partial charge in [-0.2, -0.15) is 0 Å². The highest BCUT2D eigenvalue weighted by Crippen LogP contribution is 2.61. The van der Waals surface area contributed by atoms with Gasteiger partial charge < -0.3 is 36.6 Å². The fourth-order valence-corrected chi connectivity index (χ4v) is 11.2. The second-order valence-corrected chi connectivity index (χ2v) is 19.1. The van der Waals surface area contributed by atoms with Gasteiger partial charge in [-0.3, -0.25) is 33.6 Å². The van der Waals surface area contributed by atoms with E-state index in [1.807, 2.05) is 24.3 Å². The lowest BCUT2D eigenvalue weighted by Crippen LogP contribution is -2.46. The van der Waals surface area contributed by atoms with Crippen LogP contribution in [0.1, 0.15) is 101 Å². The SMILES string of the molecule is C[C@@H](C(N)=O)n1ccc2c(C(=O)CCC34CC5CC(CC(C5)C3)C4)cccc2c1=O.C[C@@H](C(N)=O)n1ccc2c(I)cccc2c1=O.C[C@@H](C(N)=O)n1ccc2c(N)cccc2c1=O. The Morgan fingerprint density at radius 1 is 0.578 bits per heavy atom. The molecule has 0 unspecified atom stereocenters. The van der Waals surface area contributed by atoms with Crippen molar-refractivity contribution >= 4 is 84.1 Å². The second-order valence-electron chi connectivity index (χ2n) is 17.9. The number of ketones is 1. The smallest absolute Gasteiger partial charge is 0.259 e. The molecule has 4 saturated carbocycles. The van der Waals surface area contributed by atoms with Crippen molar-refractivity contribution in [3.63, 3.8) is 0 Å². The summed E-state index contributed by atoms with van der Waals surface area (Å²) in [4.78, 5) is 84.1. The number of nitrogens with zero attached hydrogens (tertiary/aromatic N) is 3. The Balaban J connectivity index is 0.000000155. The molecule has 4 aliphatic rings. The summed E-state index contributed by atoms with van der Waals surface area (Å²) in [7, 11) is 0.